The fourth-order valence-electron chi connectivity index (χ4n) is 6.29. The van der Waals surface area contributed by atoms with Crippen molar-refractivity contribution in [3.8, 4) is 0 Å². The Balaban J connectivity index is 0.00000291. The molecule has 2 rings (SSSR count). The topological polar surface area (TPSA) is 0 Å². The van der Waals surface area contributed by atoms with Gasteiger partial charge in [-0.1, -0.05) is 156 Å². The van der Waals surface area contributed by atoms with Gasteiger partial charge in [-0.25, -0.2) is 12.1 Å². The quantitative estimate of drug-likeness (QED) is 0.0426. The van der Waals surface area contributed by atoms with Crippen LogP contribution >= 0.6 is 15.8 Å². The van der Waals surface area contributed by atoms with E-state index in [1.54, 1.807) is 0 Å². The van der Waals surface area contributed by atoms with Crippen molar-refractivity contribution in [2.24, 2.45) is 0 Å². The number of unbranched alkanes of at least 4 members (excludes halogenated alkanes) is 20. The smallest absolute Gasteiger partial charge is 0 e. The second-order valence-electron chi connectivity index (χ2n) is 13.3. The predicted molar refractivity (Wildman–Crippen MR) is 210 cm³/mol. The Hall–Kier alpha value is 0.443. The molecule has 0 N–H and O–H groups in total. The van der Waals surface area contributed by atoms with E-state index in [2.05, 4.69) is 45.9 Å². The molecule has 0 radical (unpaired) electrons. The first kappa shape index (κ1) is 45.4. The maximum atomic E-state index is 2.60. The van der Waals surface area contributed by atoms with Crippen LogP contribution in [-0.2, 0) is 26.2 Å². The summed E-state index contributed by atoms with van der Waals surface area (Å²) in [5.41, 5.74) is 0. The molecular weight excluding hydrogens is 658 g/mol. The molecule has 2 aromatic rings. The molecule has 0 bridgehead atoms. The van der Waals surface area contributed by atoms with Crippen LogP contribution in [0.1, 0.15) is 182 Å². The van der Waals surface area contributed by atoms with Gasteiger partial charge in [-0.05, 0) is 50.3 Å². The van der Waals surface area contributed by atoms with E-state index in [1.165, 1.54) is 179 Å². The number of hydrogen-bond acceptors (Lipinski definition) is 0. The molecule has 2 aromatic carbocycles. The zero-order valence-electron chi connectivity index (χ0n) is 30.8. The number of rotatable bonds is 30. The molecule has 0 saturated heterocycles. The summed E-state index contributed by atoms with van der Waals surface area (Å²) in [6.45, 7) is 9.35. The minimum Gasteiger partial charge on any atom is -0.748 e. The Kier molecular flexibility index (Phi) is 36.1. The van der Waals surface area contributed by atoms with Crippen molar-refractivity contribution in [1.82, 2.24) is 0 Å². The second-order valence-corrected chi connectivity index (χ2v) is 18.2. The Morgan fingerprint density at radius 2 is 0.756 bits per heavy atom. The van der Waals surface area contributed by atoms with Crippen molar-refractivity contribution >= 4 is 26.5 Å². The van der Waals surface area contributed by atoms with Crippen LogP contribution in [0.4, 0.5) is 0 Å². The Labute approximate surface area is 305 Å². The summed E-state index contributed by atoms with van der Waals surface area (Å²) in [5.74, 6) is 0. The first-order valence-electron chi connectivity index (χ1n) is 19.7. The molecule has 0 unspecified atom stereocenters. The van der Waals surface area contributed by atoms with Crippen LogP contribution in [0.25, 0.3) is 0 Å². The molecule has 0 aliphatic heterocycles. The maximum absolute atomic E-state index is 2.60. The van der Waals surface area contributed by atoms with E-state index in [1.807, 2.05) is 40.9 Å². The minimum atomic E-state index is 0. The summed E-state index contributed by atoms with van der Waals surface area (Å²) >= 11 is 0. The van der Waals surface area contributed by atoms with Gasteiger partial charge in [0, 0.05) is 26.2 Å². The Bertz CT molecular complexity index is 683. The molecule has 0 fully saturated rings. The van der Waals surface area contributed by atoms with Crippen LogP contribution in [0, 0.1) is 0 Å². The average Bonchev–Trinajstić information content (AvgIpc) is 3.78. The Morgan fingerprint density at radius 3 is 1.11 bits per heavy atom. The van der Waals surface area contributed by atoms with Gasteiger partial charge in [-0.2, -0.15) is 6.07 Å². The molecular formula is C42H76P2Zr-6. The second kappa shape index (κ2) is 35.7. The van der Waals surface area contributed by atoms with Crippen molar-refractivity contribution < 1.29 is 26.2 Å². The average molecular weight is 734 g/mol. The van der Waals surface area contributed by atoms with Crippen molar-refractivity contribution in [1.29, 1.82) is 0 Å². The molecule has 0 atom stereocenters. The number of hydrogen-bond donors (Lipinski definition) is 0. The zero-order chi connectivity index (χ0) is 31.8. The van der Waals surface area contributed by atoms with Gasteiger partial charge in [0.2, 0.25) is 0 Å². The van der Waals surface area contributed by atoms with Crippen molar-refractivity contribution in [3.05, 3.63) is 48.5 Å². The molecule has 0 saturated carbocycles. The fourth-order valence-corrected chi connectivity index (χ4v) is 12.4. The monoisotopic (exact) mass is 732 g/mol. The van der Waals surface area contributed by atoms with E-state index >= 15 is 0 Å². The van der Waals surface area contributed by atoms with Crippen LogP contribution < -0.4 is 10.6 Å². The van der Waals surface area contributed by atoms with Crippen LogP contribution in [0.2, 0.25) is 0 Å². The molecule has 0 amide bonds. The molecule has 0 aliphatic carbocycles. The van der Waals surface area contributed by atoms with E-state index < -0.39 is 0 Å². The first-order chi connectivity index (χ1) is 21.8. The molecule has 3 heteroatoms. The van der Waals surface area contributed by atoms with Gasteiger partial charge >= 0.3 is 0 Å². The molecule has 45 heavy (non-hydrogen) atoms. The predicted octanol–water partition coefficient (Wildman–Crippen LogP) is 14.5. The summed E-state index contributed by atoms with van der Waals surface area (Å²) in [4.78, 5) is 0. The fraction of sp³-hybridized carbons (Fsp3) is 0.762. The first-order valence-corrected chi connectivity index (χ1v) is 23.1. The van der Waals surface area contributed by atoms with Crippen molar-refractivity contribution in [3.63, 3.8) is 0 Å². The summed E-state index contributed by atoms with van der Waals surface area (Å²) in [6, 6.07) is 17.7. The standard InChI is InChI=1S/C37H71P2.C5H5.Zr/c1-5-9-13-17-21-25-32-38(33-26-22-18-14-10-6-2)36-30-29-31-37(36)39(34-27-23-19-15-11-7-3)35-28-24-20-16-12-8-4;1-2-4-5-3-1;/h29-31H,5-28,32-35H2,1-4H3;1-5H;/q-1;-5;. The third kappa shape index (κ3) is 26.0. The summed E-state index contributed by atoms with van der Waals surface area (Å²) in [5, 5.41) is 3.74. The molecule has 0 spiro atoms. The third-order valence-electron chi connectivity index (χ3n) is 9.13. The van der Waals surface area contributed by atoms with E-state index in [9.17, 15) is 0 Å². The molecule has 0 aromatic heterocycles. The SMILES string of the molecule is CCCCCCCCP(CCCCCCCC)c1ccc[c-]1P(CCCCCCCC)CCCCCCCC.[Zr].[cH-]1[cH-][cH-][cH-][cH-]1. The zero-order valence-corrected chi connectivity index (χ0v) is 35.1. The van der Waals surface area contributed by atoms with Gasteiger partial charge < -0.3 is 30.3 Å². The van der Waals surface area contributed by atoms with E-state index in [-0.39, 0.29) is 42.0 Å². The van der Waals surface area contributed by atoms with Gasteiger partial charge in [0.15, 0.2) is 0 Å². The minimum absolute atomic E-state index is 0. The Morgan fingerprint density at radius 1 is 0.444 bits per heavy atom. The van der Waals surface area contributed by atoms with E-state index in [0.717, 1.165) is 0 Å². The summed E-state index contributed by atoms with van der Waals surface area (Å²) in [6.07, 6.45) is 40.6. The van der Waals surface area contributed by atoms with Crippen molar-refractivity contribution in [2.75, 3.05) is 24.6 Å². The molecule has 0 heterocycles. The largest absolute Gasteiger partial charge is 0.748 e. The van der Waals surface area contributed by atoms with E-state index in [0.29, 0.717) is 0 Å². The van der Waals surface area contributed by atoms with Gasteiger partial charge in [0.25, 0.3) is 0 Å². The van der Waals surface area contributed by atoms with Crippen molar-refractivity contribution in [2.45, 2.75) is 182 Å². The maximum Gasteiger partial charge on any atom is 0 e. The summed E-state index contributed by atoms with van der Waals surface area (Å²) < 4.78 is 0. The van der Waals surface area contributed by atoms with Gasteiger partial charge in [-0.15, -0.1) is 26.5 Å². The summed E-state index contributed by atoms with van der Waals surface area (Å²) in [7, 11) is 0.0839. The third-order valence-corrected chi connectivity index (χ3v) is 14.9. The van der Waals surface area contributed by atoms with Gasteiger partial charge in [0.1, 0.15) is 0 Å². The van der Waals surface area contributed by atoms with Crippen LogP contribution in [0.15, 0.2) is 48.5 Å². The van der Waals surface area contributed by atoms with Crippen LogP contribution in [0.3, 0.4) is 0 Å². The molecule has 0 aliphatic rings. The van der Waals surface area contributed by atoms with Crippen LogP contribution in [-0.4, -0.2) is 24.6 Å². The molecule has 264 valence electrons. The van der Waals surface area contributed by atoms with Gasteiger partial charge in [-0.3, -0.25) is 0 Å². The van der Waals surface area contributed by atoms with E-state index in [4.69, 9.17) is 0 Å². The van der Waals surface area contributed by atoms with Gasteiger partial charge in [0.05, 0.1) is 0 Å². The normalized spacial score (nSPS) is 11.2. The molecule has 0 nitrogen and oxygen atoms in total. The van der Waals surface area contributed by atoms with Crippen LogP contribution in [0.5, 0.6) is 0 Å².